The van der Waals surface area contributed by atoms with Gasteiger partial charge in [0.15, 0.2) is 0 Å². The van der Waals surface area contributed by atoms with E-state index < -0.39 is 0 Å². The van der Waals surface area contributed by atoms with Crippen molar-refractivity contribution in [2.75, 3.05) is 0 Å². The van der Waals surface area contributed by atoms with Crippen molar-refractivity contribution in [3.05, 3.63) is 65.7 Å². The predicted octanol–water partition coefficient (Wildman–Crippen LogP) is 3.09. The summed E-state index contributed by atoms with van der Waals surface area (Å²) in [5, 5.41) is 2.88. The van der Waals surface area contributed by atoms with Gasteiger partial charge in [-0.05, 0) is 30.5 Å². The molecule has 22 heavy (non-hydrogen) atoms. The molecule has 0 radical (unpaired) electrons. The molecule has 1 aromatic heterocycles. The summed E-state index contributed by atoms with van der Waals surface area (Å²) in [6, 6.07) is 10.4. The van der Waals surface area contributed by atoms with Crippen molar-refractivity contribution in [2.45, 2.75) is 32.0 Å². The molecule has 1 saturated carbocycles. The number of carbonyl (C=O) groups is 1. The summed E-state index contributed by atoms with van der Waals surface area (Å²) in [7, 11) is 0. The van der Waals surface area contributed by atoms with Gasteiger partial charge in [-0.15, -0.1) is 0 Å². The third-order valence-electron chi connectivity index (χ3n) is 3.71. The van der Waals surface area contributed by atoms with Crippen LogP contribution in [0, 0.1) is 5.82 Å². The minimum absolute atomic E-state index is 0.158. The van der Waals surface area contributed by atoms with Gasteiger partial charge < -0.3 is 10.2 Å². The van der Waals surface area contributed by atoms with E-state index in [0.29, 0.717) is 18.7 Å². The minimum atomic E-state index is -0.270. The number of urea groups is 1. The standard InChI is InChI=1S/C17H18FN3O/c18-16-6-2-1-5-14(16)12-21(15-7-8-15)17(22)20-11-13-4-3-9-19-10-13/h1-6,9-10,15H,7-8,11-12H2,(H,20,22). The summed E-state index contributed by atoms with van der Waals surface area (Å²) in [4.78, 5) is 18.1. The molecule has 0 bridgehead atoms. The Labute approximate surface area is 129 Å². The summed E-state index contributed by atoms with van der Waals surface area (Å²) in [6.45, 7) is 0.726. The largest absolute Gasteiger partial charge is 0.334 e. The molecular weight excluding hydrogens is 281 g/mol. The number of hydrogen-bond donors (Lipinski definition) is 1. The van der Waals surface area contributed by atoms with Crippen molar-refractivity contribution in [1.29, 1.82) is 0 Å². The van der Waals surface area contributed by atoms with E-state index >= 15 is 0 Å². The van der Waals surface area contributed by atoms with Gasteiger partial charge in [0.25, 0.3) is 0 Å². The fourth-order valence-electron chi connectivity index (χ4n) is 2.34. The van der Waals surface area contributed by atoms with Crippen LogP contribution in [0.5, 0.6) is 0 Å². The second-order valence-corrected chi connectivity index (χ2v) is 5.47. The molecule has 0 unspecified atom stereocenters. The van der Waals surface area contributed by atoms with E-state index in [0.717, 1.165) is 18.4 Å². The molecule has 2 aromatic rings. The number of rotatable bonds is 5. The quantitative estimate of drug-likeness (QED) is 0.922. The van der Waals surface area contributed by atoms with E-state index in [2.05, 4.69) is 10.3 Å². The highest BCUT2D eigenvalue weighted by Gasteiger charge is 2.32. The molecule has 0 aliphatic heterocycles. The molecule has 1 N–H and O–H groups in total. The first-order chi connectivity index (χ1) is 10.7. The Morgan fingerprint density at radius 2 is 2.09 bits per heavy atom. The molecule has 1 aliphatic rings. The molecule has 3 rings (SSSR count). The van der Waals surface area contributed by atoms with Gasteiger partial charge in [0.1, 0.15) is 5.82 Å². The van der Waals surface area contributed by atoms with Crippen molar-refractivity contribution < 1.29 is 9.18 Å². The molecule has 2 amide bonds. The number of nitrogens with one attached hydrogen (secondary N) is 1. The van der Waals surface area contributed by atoms with Crippen LogP contribution in [0.15, 0.2) is 48.8 Å². The van der Waals surface area contributed by atoms with Crippen LogP contribution in [-0.2, 0) is 13.1 Å². The molecule has 1 fully saturated rings. The first kappa shape index (κ1) is 14.5. The van der Waals surface area contributed by atoms with Gasteiger partial charge in [-0.2, -0.15) is 0 Å². The number of halogens is 1. The lowest BCUT2D eigenvalue weighted by Gasteiger charge is -2.23. The van der Waals surface area contributed by atoms with Gasteiger partial charge in [-0.3, -0.25) is 4.98 Å². The Morgan fingerprint density at radius 1 is 1.27 bits per heavy atom. The Kier molecular flexibility index (Phi) is 4.32. The summed E-state index contributed by atoms with van der Waals surface area (Å²) in [5.74, 6) is -0.270. The fourth-order valence-corrected chi connectivity index (χ4v) is 2.34. The highest BCUT2D eigenvalue weighted by atomic mass is 19.1. The molecular formula is C17H18FN3O. The van der Waals surface area contributed by atoms with Gasteiger partial charge in [-0.25, -0.2) is 9.18 Å². The van der Waals surface area contributed by atoms with Crippen LogP contribution >= 0.6 is 0 Å². The van der Waals surface area contributed by atoms with Gasteiger partial charge in [0, 0.05) is 30.5 Å². The molecule has 1 aromatic carbocycles. The maximum Gasteiger partial charge on any atom is 0.318 e. The van der Waals surface area contributed by atoms with E-state index in [1.54, 1.807) is 35.5 Å². The summed E-state index contributed by atoms with van der Waals surface area (Å²) in [6.07, 6.45) is 5.38. The van der Waals surface area contributed by atoms with Crippen molar-refractivity contribution in [2.24, 2.45) is 0 Å². The predicted molar refractivity (Wildman–Crippen MR) is 81.4 cm³/mol. The van der Waals surface area contributed by atoms with Crippen LogP contribution in [0.1, 0.15) is 24.0 Å². The van der Waals surface area contributed by atoms with Crippen molar-refractivity contribution in [1.82, 2.24) is 15.2 Å². The topological polar surface area (TPSA) is 45.2 Å². The average Bonchev–Trinajstić information content (AvgIpc) is 3.37. The second-order valence-electron chi connectivity index (χ2n) is 5.47. The van der Waals surface area contributed by atoms with E-state index in [-0.39, 0.29) is 17.9 Å². The summed E-state index contributed by atoms with van der Waals surface area (Å²) in [5.41, 5.74) is 1.49. The first-order valence-corrected chi connectivity index (χ1v) is 7.41. The van der Waals surface area contributed by atoms with Crippen LogP contribution in [0.4, 0.5) is 9.18 Å². The maximum absolute atomic E-state index is 13.8. The fraction of sp³-hybridized carbons (Fsp3) is 0.294. The smallest absolute Gasteiger partial charge is 0.318 e. The number of hydrogen-bond acceptors (Lipinski definition) is 2. The van der Waals surface area contributed by atoms with Gasteiger partial charge in [0.2, 0.25) is 0 Å². The number of aromatic nitrogens is 1. The van der Waals surface area contributed by atoms with E-state index in [9.17, 15) is 9.18 Å². The van der Waals surface area contributed by atoms with Crippen molar-refractivity contribution >= 4 is 6.03 Å². The molecule has 4 nitrogen and oxygen atoms in total. The highest BCUT2D eigenvalue weighted by Crippen LogP contribution is 2.28. The Bertz CT molecular complexity index is 643. The molecule has 0 spiro atoms. The summed E-state index contributed by atoms with van der Waals surface area (Å²) >= 11 is 0. The van der Waals surface area contributed by atoms with Crippen molar-refractivity contribution in [3.63, 3.8) is 0 Å². The van der Waals surface area contributed by atoms with E-state index in [4.69, 9.17) is 0 Å². The van der Waals surface area contributed by atoms with Gasteiger partial charge in [-0.1, -0.05) is 24.3 Å². The molecule has 0 saturated heterocycles. The monoisotopic (exact) mass is 299 g/mol. The number of pyridine rings is 1. The first-order valence-electron chi connectivity index (χ1n) is 7.41. The van der Waals surface area contributed by atoms with Crippen LogP contribution < -0.4 is 5.32 Å². The van der Waals surface area contributed by atoms with Crippen LogP contribution in [-0.4, -0.2) is 22.0 Å². The molecule has 5 heteroatoms. The third kappa shape index (κ3) is 3.61. The van der Waals surface area contributed by atoms with Crippen LogP contribution in [0.3, 0.4) is 0 Å². The zero-order valence-electron chi connectivity index (χ0n) is 12.2. The lowest BCUT2D eigenvalue weighted by atomic mass is 10.2. The Hall–Kier alpha value is -2.43. The zero-order valence-corrected chi connectivity index (χ0v) is 12.2. The number of amides is 2. The van der Waals surface area contributed by atoms with Crippen molar-refractivity contribution in [3.8, 4) is 0 Å². The number of benzene rings is 1. The molecule has 0 atom stereocenters. The molecule has 1 aliphatic carbocycles. The van der Waals surface area contributed by atoms with E-state index in [1.807, 2.05) is 12.1 Å². The number of nitrogens with zero attached hydrogens (tertiary/aromatic N) is 2. The maximum atomic E-state index is 13.8. The summed E-state index contributed by atoms with van der Waals surface area (Å²) < 4.78 is 13.8. The number of carbonyl (C=O) groups excluding carboxylic acids is 1. The SMILES string of the molecule is O=C(NCc1cccnc1)N(Cc1ccccc1F)C1CC1. The third-order valence-corrected chi connectivity index (χ3v) is 3.71. The minimum Gasteiger partial charge on any atom is -0.334 e. The Morgan fingerprint density at radius 3 is 2.77 bits per heavy atom. The highest BCUT2D eigenvalue weighted by molar-refractivity contribution is 5.75. The second kappa shape index (κ2) is 6.56. The van der Waals surface area contributed by atoms with Crippen LogP contribution in [0.2, 0.25) is 0 Å². The van der Waals surface area contributed by atoms with E-state index in [1.165, 1.54) is 6.07 Å². The average molecular weight is 299 g/mol. The van der Waals surface area contributed by atoms with Gasteiger partial charge in [0.05, 0.1) is 6.54 Å². The molecule has 114 valence electrons. The zero-order chi connectivity index (χ0) is 15.4. The van der Waals surface area contributed by atoms with Crippen LogP contribution in [0.25, 0.3) is 0 Å². The lowest BCUT2D eigenvalue weighted by Crippen LogP contribution is -2.40. The van der Waals surface area contributed by atoms with Gasteiger partial charge >= 0.3 is 6.03 Å². The molecule has 1 heterocycles. The lowest BCUT2D eigenvalue weighted by molar-refractivity contribution is 0.191. The Balaban J connectivity index is 1.64. The normalized spacial score (nSPS) is 13.7.